The first-order valence-corrected chi connectivity index (χ1v) is 5.30. The molecule has 0 spiro atoms. The predicted molar refractivity (Wildman–Crippen MR) is 64.2 cm³/mol. The highest BCUT2D eigenvalue weighted by atomic mass is 15.2. The second-order valence-electron chi connectivity index (χ2n) is 3.96. The van der Waals surface area contributed by atoms with E-state index in [1.807, 2.05) is 44.0 Å². The molecule has 2 rings (SSSR count). The maximum absolute atomic E-state index is 4.31. The molecule has 0 aliphatic carbocycles. The van der Waals surface area contributed by atoms with Crippen LogP contribution >= 0.6 is 0 Å². The maximum atomic E-state index is 4.31. The van der Waals surface area contributed by atoms with Crippen LogP contribution in [0, 0.1) is 13.8 Å². The Bertz CT molecular complexity index is 488. The van der Waals surface area contributed by atoms with Gasteiger partial charge in [0, 0.05) is 43.4 Å². The molecule has 2 aromatic heterocycles. The molecule has 0 radical (unpaired) electrons. The van der Waals surface area contributed by atoms with Crippen LogP contribution in [0.5, 0.6) is 0 Å². The first-order valence-electron chi connectivity index (χ1n) is 5.30. The van der Waals surface area contributed by atoms with E-state index in [4.69, 9.17) is 0 Å². The van der Waals surface area contributed by atoms with Gasteiger partial charge in [-0.3, -0.25) is 9.67 Å². The van der Waals surface area contributed by atoms with E-state index in [-0.39, 0.29) is 0 Å². The van der Waals surface area contributed by atoms with Crippen LogP contribution in [0.15, 0.2) is 24.7 Å². The molecule has 0 bridgehead atoms. The Morgan fingerprint density at radius 3 is 2.81 bits per heavy atom. The maximum Gasteiger partial charge on any atom is 0.0643 e. The number of hydrogen-bond acceptors (Lipinski definition) is 3. The number of aryl methyl sites for hydroxylation is 3. The lowest BCUT2D eigenvalue weighted by Gasteiger charge is -2.07. The average Bonchev–Trinajstić information content (AvgIpc) is 2.56. The molecule has 0 unspecified atom stereocenters. The standard InChI is InChI=1S/C12H16N4/c1-9-6-13-5-4-12(9)14-7-11-8-16(3)15-10(11)2/h4-6,8H,7H2,1-3H3,(H,13,14). The molecule has 4 heteroatoms. The molecular formula is C12H16N4. The molecule has 16 heavy (non-hydrogen) atoms. The van der Waals surface area contributed by atoms with E-state index in [9.17, 15) is 0 Å². The van der Waals surface area contributed by atoms with Gasteiger partial charge in [-0.1, -0.05) is 0 Å². The summed E-state index contributed by atoms with van der Waals surface area (Å²) in [4.78, 5) is 4.07. The molecule has 2 heterocycles. The van der Waals surface area contributed by atoms with Gasteiger partial charge in [-0.15, -0.1) is 0 Å². The number of aromatic nitrogens is 3. The first kappa shape index (κ1) is 10.7. The van der Waals surface area contributed by atoms with Gasteiger partial charge in [-0.2, -0.15) is 5.10 Å². The van der Waals surface area contributed by atoms with E-state index in [0.29, 0.717) is 0 Å². The Kier molecular flexibility index (Phi) is 2.90. The molecule has 0 aliphatic rings. The van der Waals surface area contributed by atoms with Gasteiger partial charge in [0.25, 0.3) is 0 Å². The summed E-state index contributed by atoms with van der Waals surface area (Å²) in [7, 11) is 1.94. The molecule has 1 N–H and O–H groups in total. The van der Waals surface area contributed by atoms with Crippen molar-refractivity contribution in [2.45, 2.75) is 20.4 Å². The molecule has 4 nitrogen and oxygen atoms in total. The van der Waals surface area contributed by atoms with Crippen molar-refractivity contribution in [3.63, 3.8) is 0 Å². The molecule has 0 fully saturated rings. The topological polar surface area (TPSA) is 42.7 Å². The Labute approximate surface area is 95.3 Å². The van der Waals surface area contributed by atoms with Crippen molar-refractivity contribution in [3.8, 4) is 0 Å². The van der Waals surface area contributed by atoms with Crippen LogP contribution in [0.1, 0.15) is 16.8 Å². The largest absolute Gasteiger partial charge is 0.381 e. The predicted octanol–water partition coefficient (Wildman–Crippen LogP) is 2.04. The Morgan fingerprint density at radius 2 is 2.19 bits per heavy atom. The summed E-state index contributed by atoms with van der Waals surface area (Å²) in [6.07, 6.45) is 5.70. The lowest BCUT2D eigenvalue weighted by molar-refractivity contribution is 0.756. The summed E-state index contributed by atoms with van der Waals surface area (Å²) < 4.78 is 1.84. The molecule has 0 amide bonds. The fraction of sp³-hybridized carbons (Fsp3) is 0.333. The number of hydrogen-bond donors (Lipinski definition) is 1. The zero-order chi connectivity index (χ0) is 11.5. The van der Waals surface area contributed by atoms with E-state index in [1.165, 1.54) is 5.56 Å². The number of pyridine rings is 1. The van der Waals surface area contributed by atoms with Gasteiger partial charge < -0.3 is 5.32 Å². The summed E-state index contributed by atoms with van der Waals surface area (Å²) in [5.41, 5.74) is 4.57. The molecule has 0 aliphatic heterocycles. The van der Waals surface area contributed by atoms with Crippen molar-refractivity contribution in [3.05, 3.63) is 41.5 Å². The number of nitrogens with zero attached hydrogens (tertiary/aromatic N) is 3. The second-order valence-corrected chi connectivity index (χ2v) is 3.96. The molecule has 0 saturated heterocycles. The van der Waals surface area contributed by atoms with Gasteiger partial charge in [-0.25, -0.2) is 0 Å². The molecule has 84 valence electrons. The highest BCUT2D eigenvalue weighted by molar-refractivity contribution is 5.49. The Balaban J connectivity index is 2.08. The van der Waals surface area contributed by atoms with Crippen molar-refractivity contribution in [2.75, 3.05) is 5.32 Å². The summed E-state index contributed by atoms with van der Waals surface area (Å²) in [5.74, 6) is 0. The number of rotatable bonds is 3. The quantitative estimate of drug-likeness (QED) is 0.853. The molecule has 2 aromatic rings. The number of nitrogens with one attached hydrogen (secondary N) is 1. The van der Waals surface area contributed by atoms with Crippen molar-refractivity contribution < 1.29 is 0 Å². The third-order valence-electron chi connectivity index (χ3n) is 2.60. The Morgan fingerprint density at radius 1 is 1.38 bits per heavy atom. The van der Waals surface area contributed by atoms with Crippen molar-refractivity contribution in [1.82, 2.24) is 14.8 Å². The van der Waals surface area contributed by atoms with Crippen molar-refractivity contribution in [1.29, 1.82) is 0 Å². The minimum absolute atomic E-state index is 0.796. The molecular weight excluding hydrogens is 200 g/mol. The van der Waals surface area contributed by atoms with E-state index in [2.05, 4.69) is 15.4 Å². The van der Waals surface area contributed by atoms with Crippen molar-refractivity contribution in [2.24, 2.45) is 7.05 Å². The first-order chi connectivity index (χ1) is 7.66. The minimum atomic E-state index is 0.796. The van der Waals surface area contributed by atoms with Gasteiger partial charge in [-0.05, 0) is 25.5 Å². The lowest BCUT2D eigenvalue weighted by Crippen LogP contribution is -2.01. The van der Waals surface area contributed by atoms with Crippen molar-refractivity contribution >= 4 is 5.69 Å². The van der Waals surface area contributed by atoms with Crippen LogP contribution in [0.2, 0.25) is 0 Å². The van der Waals surface area contributed by atoms with Gasteiger partial charge in [0.15, 0.2) is 0 Å². The zero-order valence-electron chi connectivity index (χ0n) is 9.86. The summed E-state index contributed by atoms with van der Waals surface area (Å²) >= 11 is 0. The average molecular weight is 216 g/mol. The van der Waals surface area contributed by atoms with Crippen LogP contribution in [-0.2, 0) is 13.6 Å². The van der Waals surface area contributed by atoms with Crippen LogP contribution in [0.3, 0.4) is 0 Å². The van der Waals surface area contributed by atoms with E-state index in [1.54, 1.807) is 6.20 Å². The molecule has 0 saturated carbocycles. The Hall–Kier alpha value is -1.84. The summed E-state index contributed by atoms with van der Waals surface area (Å²) in [6.45, 7) is 4.87. The molecule has 0 atom stereocenters. The summed E-state index contributed by atoms with van der Waals surface area (Å²) in [6, 6.07) is 1.99. The van der Waals surface area contributed by atoms with Gasteiger partial charge >= 0.3 is 0 Å². The fourth-order valence-corrected chi connectivity index (χ4v) is 1.68. The third kappa shape index (κ3) is 2.21. The van der Waals surface area contributed by atoms with E-state index in [0.717, 1.165) is 23.5 Å². The zero-order valence-corrected chi connectivity index (χ0v) is 9.86. The van der Waals surface area contributed by atoms with Crippen LogP contribution in [-0.4, -0.2) is 14.8 Å². The molecule has 0 aromatic carbocycles. The van der Waals surface area contributed by atoms with Gasteiger partial charge in [0.2, 0.25) is 0 Å². The van der Waals surface area contributed by atoms with Gasteiger partial charge in [0.1, 0.15) is 0 Å². The van der Waals surface area contributed by atoms with Crippen LogP contribution in [0.25, 0.3) is 0 Å². The second kappa shape index (κ2) is 4.35. The van der Waals surface area contributed by atoms with E-state index >= 15 is 0 Å². The van der Waals surface area contributed by atoms with Crippen LogP contribution < -0.4 is 5.32 Å². The SMILES string of the molecule is Cc1cnccc1NCc1cn(C)nc1C. The minimum Gasteiger partial charge on any atom is -0.381 e. The van der Waals surface area contributed by atoms with Crippen LogP contribution in [0.4, 0.5) is 5.69 Å². The lowest BCUT2D eigenvalue weighted by atomic mass is 10.2. The number of anilines is 1. The van der Waals surface area contributed by atoms with Gasteiger partial charge in [0.05, 0.1) is 5.69 Å². The third-order valence-corrected chi connectivity index (χ3v) is 2.60. The highest BCUT2D eigenvalue weighted by Gasteiger charge is 2.03. The smallest absolute Gasteiger partial charge is 0.0643 e. The normalized spacial score (nSPS) is 10.4. The summed E-state index contributed by atoms with van der Waals surface area (Å²) in [5, 5.41) is 7.70. The monoisotopic (exact) mass is 216 g/mol. The highest BCUT2D eigenvalue weighted by Crippen LogP contribution is 2.14. The fourth-order valence-electron chi connectivity index (χ4n) is 1.68. The van der Waals surface area contributed by atoms with E-state index < -0.39 is 0 Å².